The molecule has 0 saturated carbocycles. The highest BCUT2D eigenvalue weighted by Gasteiger charge is 2.38. The first-order chi connectivity index (χ1) is 16.8. The van der Waals surface area contributed by atoms with Crippen LogP contribution < -0.4 is 14.4 Å². The molecule has 1 aliphatic heterocycles. The lowest BCUT2D eigenvalue weighted by atomic mass is 9.99. The zero-order chi connectivity index (χ0) is 25.1. The molecule has 1 aliphatic rings. The molecule has 1 heterocycles. The van der Waals surface area contributed by atoms with Gasteiger partial charge >= 0.3 is 5.97 Å². The molecule has 0 fully saturated rings. The molecule has 1 amide bonds. The molecule has 3 aromatic rings. The second-order valence-corrected chi connectivity index (χ2v) is 8.77. The molecule has 182 valence electrons. The van der Waals surface area contributed by atoms with Crippen molar-refractivity contribution in [2.75, 3.05) is 19.1 Å². The van der Waals surface area contributed by atoms with Crippen LogP contribution in [-0.4, -0.2) is 37.3 Å². The maximum atomic E-state index is 13.7. The largest absolute Gasteiger partial charge is 0.497 e. The van der Waals surface area contributed by atoms with Crippen molar-refractivity contribution >= 4 is 40.8 Å². The standard InChI is InChI=1S/C26H23Cl2NO6/c1-33-17-9-7-15(22(12-17)34-2)14-29-21-10-8-16(27)11-19(21)25(18-5-3-4-6-20(18)28)35-23(26(29)32)13-24(30)31/h3-12,23,25H,13-14H2,1-2H3,(H,30,31)/t23-,25-/m0/s1. The van der Waals surface area contributed by atoms with E-state index in [0.717, 1.165) is 0 Å². The van der Waals surface area contributed by atoms with Crippen LogP contribution in [0.25, 0.3) is 0 Å². The van der Waals surface area contributed by atoms with E-state index in [0.29, 0.717) is 43.9 Å². The van der Waals surface area contributed by atoms with Gasteiger partial charge in [0.1, 0.15) is 23.7 Å². The van der Waals surface area contributed by atoms with E-state index in [2.05, 4.69) is 0 Å². The SMILES string of the molecule is COc1ccc(CN2C(=O)[C@H](CC(=O)O)O[C@@H](c3ccccc3Cl)c3cc(Cl)ccc32)c(OC)c1. The number of aliphatic carboxylic acids is 1. The van der Waals surface area contributed by atoms with Gasteiger partial charge in [0.15, 0.2) is 0 Å². The van der Waals surface area contributed by atoms with E-state index in [1.807, 2.05) is 0 Å². The van der Waals surface area contributed by atoms with Crippen molar-refractivity contribution < 1.29 is 28.9 Å². The number of methoxy groups -OCH3 is 2. The van der Waals surface area contributed by atoms with Gasteiger partial charge in [-0.1, -0.05) is 41.4 Å². The molecule has 7 nitrogen and oxygen atoms in total. The number of carboxylic acids is 1. The molecule has 9 heteroatoms. The van der Waals surface area contributed by atoms with Crippen molar-refractivity contribution in [1.29, 1.82) is 0 Å². The number of hydrogen-bond donors (Lipinski definition) is 1. The zero-order valence-electron chi connectivity index (χ0n) is 19.0. The smallest absolute Gasteiger partial charge is 0.306 e. The highest BCUT2D eigenvalue weighted by atomic mass is 35.5. The topological polar surface area (TPSA) is 85.3 Å². The number of rotatable bonds is 7. The van der Waals surface area contributed by atoms with Crippen LogP contribution in [0.15, 0.2) is 60.7 Å². The van der Waals surface area contributed by atoms with Crippen molar-refractivity contribution in [3.8, 4) is 11.5 Å². The zero-order valence-corrected chi connectivity index (χ0v) is 20.5. The molecule has 0 aliphatic carbocycles. The fraction of sp³-hybridized carbons (Fsp3) is 0.231. The Morgan fingerprint density at radius 2 is 1.80 bits per heavy atom. The molecule has 0 spiro atoms. The summed E-state index contributed by atoms with van der Waals surface area (Å²) >= 11 is 12.8. The van der Waals surface area contributed by atoms with Gasteiger partial charge in [-0.2, -0.15) is 0 Å². The predicted octanol–water partition coefficient (Wildman–Crippen LogP) is 5.51. The number of benzene rings is 3. The van der Waals surface area contributed by atoms with E-state index in [1.54, 1.807) is 67.8 Å². The number of ether oxygens (including phenoxy) is 3. The van der Waals surface area contributed by atoms with Crippen LogP contribution in [0.4, 0.5) is 5.69 Å². The van der Waals surface area contributed by atoms with E-state index < -0.39 is 30.5 Å². The minimum atomic E-state index is -1.26. The molecular formula is C26H23Cl2NO6. The van der Waals surface area contributed by atoms with Gasteiger partial charge in [0.2, 0.25) is 0 Å². The van der Waals surface area contributed by atoms with Crippen LogP contribution in [0.2, 0.25) is 10.0 Å². The maximum absolute atomic E-state index is 13.7. The third kappa shape index (κ3) is 5.22. The lowest BCUT2D eigenvalue weighted by Crippen LogP contribution is -2.40. The second kappa shape index (κ2) is 10.6. The minimum absolute atomic E-state index is 0.107. The minimum Gasteiger partial charge on any atom is -0.497 e. The number of halogens is 2. The Labute approximate surface area is 212 Å². The van der Waals surface area contributed by atoms with Gasteiger partial charge in [0, 0.05) is 32.8 Å². The van der Waals surface area contributed by atoms with Gasteiger partial charge in [-0.15, -0.1) is 0 Å². The van der Waals surface area contributed by atoms with Gasteiger partial charge < -0.3 is 24.2 Å². The Bertz CT molecular complexity index is 1260. The molecule has 4 rings (SSSR count). The molecule has 3 aromatic carbocycles. The molecule has 1 N–H and O–H groups in total. The number of carbonyl (C=O) groups excluding carboxylic acids is 1. The first kappa shape index (κ1) is 24.9. The third-order valence-corrected chi connectivity index (χ3v) is 6.35. The number of fused-ring (bicyclic) bond motifs is 1. The Kier molecular flexibility index (Phi) is 7.50. The van der Waals surface area contributed by atoms with Crippen molar-refractivity contribution in [1.82, 2.24) is 0 Å². The van der Waals surface area contributed by atoms with E-state index in [1.165, 1.54) is 12.0 Å². The summed E-state index contributed by atoms with van der Waals surface area (Å²) in [6, 6.07) is 17.5. The van der Waals surface area contributed by atoms with Crippen LogP contribution in [0.3, 0.4) is 0 Å². The monoisotopic (exact) mass is 515 g/mol. The Hall–Kier alpha value is -3.26. The molecule has 2 atom stereocenters. The number of carboxylic acid groups (broad SMARTS) is 1. The van der Waals surface area contributed by atoms with Crippen molar-refractivity contribution in [3.05, 3.63) is 87.4 Å². The summed E-state index contributed by atoms with van der Waals surface area (Å²) in [5.74, 6) is -0.531. The number of anilines is 1. The molecule has 0 unspecified atom stereocenters. The summed E-state index contributed by atoms with van der Waals surface area (Å²) in [7, 11) is 3.08. The van der Waals surface area contributed by atoms with Crippen molar-refractivity contribution in [3.63, 3.8) is 0 Å². The predicted molar refractivity (Wildman–Crippen MR) is 133 cm³/mol. The normalized spacial score (nSPS) is 17.5. The van der Waals surface area contributed by atoms with Gasteiger partial charge in [0.25, 0.3) is 5.91 Å². The quantitative estimate of drug-likeness (QED) is 0.446. The number of nitrogens with zero attached hydrogens (tertiary/aromatic N) is 1. The number of amides is 1. The van der Waals surface area contributed by atoms with Crippen LogP contribution >= 0.6 is 23.2 Å². The molecular weight excluding hydrogens is 493 g/mol. The van der Waals surface area contributed by atoms with E-state index in [4.69, 9.17) is 37.4 Å². The van der Waals surface area contributed by atoms with Crippen LogP contribution in [0.5, 0.6) is 11.5 Å². The summed E-state index contributed by atoms with van der Waals surface area (Å²) in [6.07, 6.45) is -2.59. The fourth-order valence-electron chi connectivity index (χ4n) is 4.11. The van der Waals surface area contributed by atoms with Gasteiger partial charge in [-0.25, -0.2) is 0 Å². The Balaban J connectivity index is 1.88. The highest BCUT2D eigenvalue weighted by Crippen LogP contribution is 2.42. The molecule has 0 saturated heterocycles. The lowest BCUT2D eigenvalue weighted by Gasteiger charge is -2.26. The molecule has 0 aromatic heterocycles. The van der Waals surface area contributed by atoms with Crippen LogP contribution in [0, 0.1) is 0 Å². The van der Waals surface area contributed by atoms with Crippen LogP contribution in [-0.2, 0) is 20.9 Å². The number of hydrogen-bond acceptors (Lipinski definition) is 5. The third-order valence-electron chi connectivity index (χ3n) is 5.78. The fourth-order valence-corrected chi connectivity index (χ4v) is 4.52. The Morgan fingerprint density at radius 3 is 2.49 bits per heavy atom. The maximum Gasteiger partial charge on any atom is 0.306 e. The van der Waals surface area contributed by atoms with Gasteiger partial charge in [0.05, 0.1) is 32.9 Å². The highest BCUT2D eigenvalue weighted by molar-refractivity contribution is 6.31. The second-order valence-electron chi connectivity index (χ2n) is 7.93. The summed E-state index contributed by atoms with van der Waals surface area (Å²) in [5, 5.41) is 10.4. The van der Waals surface area contributed by atoms with E-state index in [-0.39, 0.29) is 6.54 Å². The van der Waals surface area contributed by atoms with Crippen molar-refractivity contribution in [2.45, 2.75) is 25.2 Å². The lowest BCUT2D eigenvalue weighted by molar-refractivity contribution is -0.146. The first-order valence-corrected chi connectivity index (χ1v) is 11.5. The Morgan fingerprint density at radius 1 is 1.03 bits per heavy atom. The average molecular weight is 516 g/mol. The summed E-state index contributed by atoms with van der Waals surface area (Å²) < 4.78 is 17.0. The number of carbonyl (C=O) groups is 2. The molecule has 0 bridgehead atoms. The summed E-state index contributed by atoms with van der Waals surface area (Å²) in [6.45, 7) is 0.107. The average Bonchev–Trinajstić information content (AvgIpc) is 2.94. The molecule has 35 heavy (non-hydrogen) atoms. The summed E-state index contributed by atoms with van der Waals surface area (Å²) in [4.78, 5) is 26.9. The van der Waals surface area contributed by atoms with E-state index in [9.17, 15) is 14.7 Å². The van der Waals surface area contributed by atoms with Crippen molar-refractivity contribution in [2.24, 2.45) is 0 Å². The van der Waals surface area contributed by atoms with Gasteiger partial charge in [-0.3, -0.25) is 9.59 Å². The van der Waals surface area contributed by atoms with Gasteiger partial charge in [-0.05, 0) is 36.4 Å². The van der Waals surface area contributed by atoms with Crippen LogP contribution in [0.1, 0.15) is 29.2 Å². The summed E-state index contributed by atoms with van der Waals surface area (Å²) in [5.41, 5.74) is 2.44. The molecule has 0 radical (unpaired) electrons. The first-order valence-electron chi connectivity index (χ1n) is 10.8. The van der Waals surface area contributed by atoms with E-state index >= 15 is 0 Å².